The lowest BCUT2D eigenvalue weighted by molar-refractivity contribution is 0.0565. The van der Waals surface area contributed by atoms with Crippen molar-refractivity contribution < 1.29 is 33.0 Å². The molecule has 6 heterocycles. The normalized spacial score (nSPS) is 20.2. The van der Waals surface area contributed by atoms with Gasteiger partial charge in [0, 0.05) is 35.9 Å². The summed E-state index contributed by atoms with van der Waals surface area (Å²) in [5, 5.41) is 10.2. The maximum atomic E-state index is 13.7. The maximum absolute atomic E-state index is 13.7. The van der Waals surface area contributed by atoms with Crippen LogP contribution in [0.15, 0.2) is 60.7 Å². The van der Waals surface area contributed by atoms with Crippen LogP contribution >= 0.6 is 0 Å². The van der Waals surface area contributed by atoms with Crippen molar-refractivity contribution >= 4 is 35.3 Å². The molecule has 0 bridgehead atoms. The van der Waals surface area contributed by atoms with E-state index < -0.39 is 16.8 Å². The molecule has 13 heteroatoms. The van der Waals surface area contributed by atoms with Crippen LogP contribution in [0.4, 0.5) is 35.8 Å². The molecule has 3 saturated heterocycles. The van der Waals surface area contributed by atoms with Crippen LogP contribution in [0.3, 0.4) is 0 Å². The first-order valence-corrected chi connectivity index (χ1v) is 23.7. The van der Waals surface area contributed by atoms with Gasteiger partial charge < -0.3 is 30.2 Å². The largest absolute Gasteiger partial charge is 0.443 e. The zero-order valence-electron chi connectivity index (χ0n) is 40.5. The SMILES string of the molecule is CC(C)(C)OC(=O)N1CC2(CCNCC2)c2cc(F)ccc21.CC(C)(C)OC(=O)N1CC2(CCNCC2)c2ccccc21.Cc1ccc2c(c1)C1(CCNCC1)CN2C(=O)OC(C)(C)C. The molecular weight excluding hydrogens is 824 g/mol. The van der Waals surface area contributed by atoms with E-state index >= 15 is 0 Å². The molecule has 3 amide bonds. The molecule has 6 aliphatic heterocycles. The van der Waals surface area contributed by atoms with Gasteiger partial charge in [0.25, 0.3) is 0 Å². The number of piperidine rings is 3. The van der Waals surface area contributed by atoms with Crippen molar-refractivity contribution in [2.75, 3.05) is 73.6 Å². The van der Waals surface area contributed by atoms with E-state index in [1.165, 1.54) is 22.8 Å². The van der Waals surface area contributed by atoms with Crippen LogP contribution in [0.5, 0.6) is 0 Å². The highest BCUT2D eigenvalue weighted by Crippen LogP contribution is 2.49. The molecule has 0 aromatic heterocycles. The summed E-state index contributed by atoms with van der Waals surface area (Å²) in [6.45, 7) is 27.0. The van der Waals surface area contributed by atoms with Crippen LogP contribution in [-0.4, -0.2) is 94.0 Å². The Balaban J connectivity index is 0.000000145. The van der Waals surface area contributed by atoms with Crippen LogP contribution in [0.25, 0.3) is 0 Å². The molecule has 65 heavy (non-hydrogen) atoms. The van der Waals surface area contributed by atoms with Crippen molar-refractivity contribution in [3.8, 4) is 0 Å². The summed E-state index contributed by atoms with van der Waals surface area (Å²) in [4.78, 5) is 43.0. The minimum atomic E-state index is -0.541. The predicted molar refractivity (Wildman–Crippen MR) is 256 cm³/mol. The molecule has 354 valence electrons. The zero-order chi connectivity index (χ0) is 47.0. The van der Waals surface area contributed by atoms with Gasteiger partial charge in [0.1, 0.15) is 22.6 Å². The van der Waals surface area contributed by atoms with Gasteiger partial charge in [0.05, 0.1) is 17.1 Å². The number of anilines is 3. The number of nitrogens with one attached hydrogen (secondary N) is 3. The average Bonchev–Trinajstić information content (AvgIpc) is 3.83. The Labute approximate surface area is 386 Å². The Kier molecular flexibility index (Phi) is 13.7. The number of para-hydroxylation sites is 1. The van der Waals surface area contributed by atoms with Crippen molar-refractivity contribution in [1.82, 2.24) is 16.0 Å². The van der Waals surface area contributed by atoms with Gasteiger partial charge >= 0.3 is 18.3 Å². The summed E-state index contributed by atoms with van der Waals surface area (Å²) in [5.41, 5.74) is 6.22. The molecule has 6 aliphatic rings. The van der Waals surface area contributed by atoms with Crippen molar-refractivity contribution in [2.24, 2.45) is 0 Å². The minimum absolute atomic E-state index is 0.0868. The fourth-order valence-corrected chi connectivity index (χ4v) is 10.5. The number of rotatable bonds is 0. The molecule has 0 unspecified atom stereocenters. The number of fused-ring (bicyclic) bond motifs is 6. The maximum Gasteiger partial charge on any atom is 0.414 e. The van der Waals surface area contributed by atoms with E-state index in [0.29, 0.717) is 6.54 Å². The highest BCUT2D eigenvalue weighted by molar-refractivity contribution is 5.93. The van der Waals surface area contributed by atoms with Crippen molar-refractivity contribution in [3.05, 3.63) is 88.7 Å². The monoisotopic (exact) mass is 897 g/mol. The molecule has 3 aromatic carbocycles. The van der Waals surface area contributed by atoms with Gasteiger partial charge in [0.2, 0.25) is 0 Å². The number of benzene rings is 3. The number of hydrogen-bond donors (Lipinski definition) is 3. The Morgan fingerprint density at radius 3 is 1.23 bits per heavy atom. The molecule has 12 nitrogen and oxygen atoms in total. The Morgan fingerprint density at radius 2 is 0.831 bits per heavy atom. The third-order valence-electron chi connectivity index (χ3n) is 13.5. The first-order chi connectivity index (χ1) is 30.5. The van der Waals surface area contributed by atoms with Gasteiger partial charge in [-0.2, -0.15) is 0 Å². The molecule has 9 rings (SSSR count). The van der Waals surface area contributed by atoms with E-state index in [1.54, 1.807) is 17.0 Å². The van der Waals surface area contributed by atoms with Crippen molar-refractivity contribution in [3.63, 3.8) is 0 Å². The number of carbonyl (C=O) groups excluding carboxylic acids is 3. The first-order valence-electron chi connectivity index (χ1n) is 23.7. The number of aryl methyl sites for hydroxylation is 1. The van der Waals surface area contributed by atoms with E-state index in [-0.39, 0.29) is 40.3 Å². The van der Waals surface area contributed by atoms with Crippen LogP contribution in [0.2, 0.25) is 0 Å². The molecule has 0 saturated carbocycles. The summed E-state index contributed by atoms with van der Waals surface area (Å²) in [5.74, 6) is -0.248. The average molecular weight is 897 g/mol. The van der Waals surface area contributed by atoms with Crippen LogP contribution in [-0.2, 0) is 30.5 Å². The quantitative estimate of drug-likeness (QED) is 0.189. The van der Waals surface area contributed by atoms with E-state index in [1.807, 2.05) is 84.2 Å². The Hall–Kier alpha value is -4.72. The summed E-state index contributed by atoms with van der Waals surface area (Å²) in [7, 11) is 0. The van der Waals surface area contributed by atoms with Crippen LogP contribution < -0.4 is 30.7 Å². The lowest BCUT2D eigenvalue weighted by atomic mass is 9.74. The summed E-state index contributed by atoms with van der Waals surface area (Å²) >= 11 is 0. The predicted octanol–water partition coefficient (Wildman–Crippen LogP) is 9.64. The number of amides is 3. The number of hydrogen-bond acceptors (Lipinski definition) is 9. The molecule has 3 aromatic rings. The van der Waals surface area contributed by atoms with Gasteiger partial charge in [-0.3, -0.25) is 14.7 Å². The fourth-order valence-electron chi connectivity index (χ4n) is 10.5. The van der Waals surface area contributed by atoms with Crippen molar-refractivity contribution in [1.29, 1.82) is 0 Å². The van der Waals surface area contributed by atoms with E-state index in [2.05, 4.69) is 53.2 Å². The molecule has 3 spiro atoms. The number of ether oxygens (including phenoxy) is 3. The Morgan fingerprint density at radius 1 is 0.492 bits per heavy atom. The second-order valence-electron chi connectivity index (χ2n) is 22.0. The highest BCUT2D eigenvalue weighted by atomic mass is 19.1. The first kappa shape index (κ1) is 48.2. The second-order valence-corrected chi connectivity index (χ2v) is 22.0. The topological polar surface area (TPSA) is 125 Å². The third-order valence-corrected chi connectivity index (χ3v) is 13.5. The number of nitrogens with zero attached hydrogens (tertiary/aromatic N) is 3. The second kappa shape index (κ2) is 18.5. The lowest BCUT2D eigenvalue weighted by Crippen LogP contribution is -2.45. The van der Waals surface area contributed by atoms with Gasteiger partial charge in [-0.05, 0) is 194 Å². The number of halogens is 1. The third kappa shape index (κ3) is 10.8. The van der Waals surface area contributed by atoms with Gasteiger partial charge in [-0.1, -0.05) is 35.9 Å². The standard InChI is InChI=1S/C18H26N2O2.C17H23FN2O2.C17H24N2O2/c1-13-5-6-15-14(11-13)18(7-9-19-10-8-18)12-20(15)16(21)22-17(2,3)4;1-16(2,3)22-15(21)20-11-17(6-8-19-9-7-17)13-10-12(18)4-5-14(13)20;1-16(2,3)21-15(20)19-12-17(8-10-18-11-9-17)13-6-4-5-7-14(13)19/h5-6,11,19H,7-10,12H2,1-4H3;4-5,10,19H,6-9,11H2,1-3H3;4-7,18H,8-12H2,1-3H3. The fraction of sp³-hybridized carbons (Fsp3) is 0.596. The Bertz CT molecular complexity index is 2100. The van der Waals surface area contributed by atoms with Crippen molar-refractivity contribution in [2.45, 2.75) is 141 Å². The van der Waals surface area contributed by atoms with Gasteiger partial charge in [-0.25, -0.2) is 18.8 Å². The minimum Gasteiger partial charge on any atom is -0.443 e. The smallest absolute Gasteiger partial charge is 0.414 e. The van der Waals surface area contributed by atoms with Gasteiger partial charge in [-0.15, -0.1) is 0 Å². The summed E-state index contributed by atoms with van der Waals surface area (Å²) in [6, 6.07) is 19.4. The molecule has 0 atom stereocenters. The van der Waals surface area contributed by atoms with Crippen LogP contribution in [0, 0.1) is 12.7 Å². The van der Waals surface area contributed by atoms with E-state index in [4.69, 9.17) is 14.2 Å². The molecule has 0 aliphatic carbocycles. The van der Waals surface area contributed by atoms with E-state index in [0.717, 1.165) is 114 Å². The molecule has 3 N–H and O–H groups in total. The highest BCUT2D eigenvalue weighted by Gasteiger charge is 2.49. The number of carbonyl (C=O) groups is 3. The van der Waals surface area contributed by atoms with Crippen LogP contribution in [0.1, 0.15) is 123 Å². The summed E-state index contributed by atoms with van der Waals surface area (Å²) in [6.07, 6.45) is 5.29. The molecule has 0 radical (unpaired) electrons. The molecular formula is C52H73FN6O6. The zero-order valence-corrected chi connectivity index (χ0v) is 40.5. The summed E-state index contributed by atoms with van der Waals surface area (Å²) < 4.78 is 30.5. The lowest BCUT2D eigenvalue weighted by Gasteiger charge is -2.35. The molecule has 3 fully saturated rings. The van der Waals surface area contributed by atoms with Gasteiger partial charge in [0.15, 0.2) is 0 Å². The van der Waals surface area contributed by atoms with E-state index in [9.17, 15) is 18.8 Å².